The van der Waals surface area contributed by atoms with Crippen LogP contribution in [0.4, 0.5) is 0 Å². The molecule has 2 rings (SSSR count). The monoisotopic (exact) mass is 303 g/mol. The number of aromatic hydroxyl groups is 1. The van der Waals surface area contributed by atoms with Crippen LogP contribution in [0.1, 0.15) is 17.4 Å². The SMILES string of the molecule is CC(CN(C)C(=O)c1nn(-c2ccccc2)cc1O)C(=O)O. The van der Waals surface area contributed by atoms with E-state index in [4.69, 9.17) is 5.11 Å². The van der Waals surface area contributed by atoms with Crippen LogP contribution in [0.3, 0.4) is 0 Å². The van der Waals surface area contributed by atoms with Crippen LogP contribution in [-0.4, -0.2) is 50.4 Å². The van der Waals surface area contributed by atoms with E-state index in [1.165, 1.54) is 29.7 Å². The minimum atomic E-state index is -0.987. The summed E-state index contributed by atoms with van der Waals surface area (Å²) >= 11 is 0. The second kappa shape index (κ2) is 6.30. The van der Waals surface area contributed by atoms with Crippen LogP contribution in [0.5, 0.6) is 5.75 Å². The number of carboxylic acid groups (broad SMARTS) is 1. The molecule has 0 bridgehead atoms. The highest BCUT2D eigenvalue weighted by molar-refractivity contribution is 5.94. The third-order valence-corrected chi connectivity index (χ3v) is 3.23. The number of hydrogen-bond acceptors (Lipinski definition) is 4. The van der Waals surface area contributed by atoms with Crippen molar-refractivity contribution in [2.45, 2.75) is 6.92 Å². The molecular formula is C15H17N3O4. The Bertz CT molecular complexity index is 681. The van der Waals surface area contributed by atoms with Crippen LogP contribution in [0.25, 0.3) is 5.69 Å². The third-order valence-electron chi connectivity index (χ3n) is 3.23. The number of amides is 1. The molecule has 0 spiro atoms. The first-order valence-electron chi connectivity index (χ1n) is 6.72. The third kappa shape index (κ3) is 3.25. The van der Waals surface area contributed by atoms with Gasteiger partial charge in [-0.3, -0.25) is 9.59 Å². The minimum Gasteiger partial charge on any atom is -0.504 e. The molecule has 0 aliphatic rings. The molecule has 1 atom stereocenters. The molecule has 0 saturated carbocycles. The lowest BCUT2D eigenvalue weighted by Gasteiger charge is -2.18. The fraction of sp³-hybridized carbons (Fsp3) is 0.267. The molecule has 0 aliphatic heterocycles. The number of rotatable bonds is 5. The minimum absolute atomic E-state index is 0.0335. The summed E-state index contributed by atoms with van der Waals surface area (Å²) in [6, 6.07) is 9.06. The van der Waals surface area contributed by atoms with E-state index in [-0.39, 0.29) is 18.0 Å². The normalized spacial score (nSPS) is 11.9. The molecule has 7 heteroatoms. The molecule has 1 aromatic carbocycles. The summed E-state index contributed by atoms with van der Waals surface area (Å²) in [5, 5.41) is 22.9. The molecule has 0 aliphatic carbocycles. The highest BCUT2D eigenvalue weighted by Crippen LogP contribution is 2.19. The molecule has 0 radical (unpaired) electrons. The molecule has 116 valence electrons. The molecule has 0 saturated heterocycles. The van der Waals surface area contributed by atoms with E-state index in [2.05, 4.69) is 5.10 Å². The maximum Gasteiger partial charge on any atom is 0.308 e. The number of carbonyl (C=O) groups is 2. The average Bonchev–Trinajstić information content (AvgIpc) is 2.89. The fourth-order valence-electron chi connectivity index (χ4n) is 1.98. The first-order valence-corrected chi connectivity index (χ1v) is 6.72. The van der Waals surface area contributed by atoms with Crippen molar-refractivity contribution in [1.82, 2.24) is 14.7 Å². The van der Waals surface area contributed by atoms with Gasteiger partial charge >= 0.3 is 5.97 Å². The van der Waals surface area contributed by atoms with E-state index in [1.54, 1.807) is 12.1 Å². The second-order valence-corrected chi connectivity index (χ2v) is 5.07. The molecule has 7 nitrogen and oxygen atoms in total. The average molecular weight is 303 g/mol. The van der Waals surface area contributed by atoms with Crippen molar-refractivity contribution in [3.05, 3.63) is 42.2 Å². The summed E-state index contributed by atoms with van der Waals surface area (Å²) in [4.78, 5) is 24.3. The number of benzene rings is 1. The first kappa shape index (κ1) is 15.6. The number of carboxylic acids is 1. The molecule has 1 unspecified atom stereocenters. The largest absolute Gasteiger partial charge is 0.504 e. The first-order chi connectivity index (χ1) is 10.4. The fourth-order valence-corrected chi connectivity index (χ4v) is 1.98. The van der Waals surface area contributed by atoms with E-state index in [1.807, 2.05) is 18.2 Å². The quantitative estimate of drug-likeness (QED) is 0.869. The second-order valence-electron chi connectivity index (χ2n) is 5.07. The summed E-state index contributed by atoms with van der Waals surface area (Å²) in [5.74, 6) is -2.46. The van der Waals surface area contributed by atoms with Gasteiger partial charge in [-0.05, 0) is 12.1 Å². The summed E-state index contributed by atoms with van der Waals surface area (Å²) in [7, 11) is 1.47. The van der Waals surface area contributed by atoms with Crippen LogP contribution in [0.2, 0.25) is 0 Å². The molecule has 1 heterocycles. The number of carbonyl (C=O) groups excluding carboxylic acids is 1. The summed E-state index contributed by atoms with van der Waals surface area (Å²) < 4.78 is 1.40. The Morgan fingerprint density at radius 2 is 1.95 bits per heavy atom. The van der Waals surface area contributed by atoms with Crippen LogP contribution < -0.4 is 0 Å². The molecule has 1 aromatic heterocycles. The molecular weight excluding hydrogens is 286 g/mol. The smallest absolute Gasteiger partial charge is 0.308 e. The van der Waals surface area contributed by atoms with E-state index < -0.39 is 17.8 Å². The predicted molar refractivity (Wildman–Crippen MR) is 79.0 cm³/mol. The van der Waals surface area contributed by atoms with Gasteiger partial charge in [0.2, 0.25) is 0 Å². The molecule has 2 N–H and O–H groups in total. The zero-order valence-electron chi connectivity index (χ0n) is 12.3. The summed E-state index contributed by atoms with van der Waals surface area (Å²) in [5.41, 5.74) is 0.599. The van der Waals surface area contributed by atoms with E-state index in [0.717, 1.165) is 0 Å². The van der Waals surface area contributed by atoms with Crippen molar-refractivity contribution in [2.24, 2.45) is 5.92 Å². The van der Waals surface area contributed by atoms with Crippen molar-refractivity contribution in [1.29, 1.82) is 0 Å². The number of aromatic nitrogens is 2. The van der Waals surface area contributed by atoms with Crippen LogP contribution >= 0.6 is 0 Å². The van der Waals surface area contributed by atoms with Gasteiger partial charge in [0, 0.05) is 13.6 Å². The van der Waals surface area contributed by atoms with Crippen LogP contribution in [-0.2, 0) is 4.79 Å². The van der Waals surface area contributed by atoms with Crippen LogP contribution in [0.15, 0.2) is 36.5 Å². The summed E-state index contributed by atoms with van der Waals surface area (Å²) in [6.07, 6.45) is 1.34. The number of aliphatic carboxylic acids is 1. The Kier molecular flexibility index (Phi) is 4.45. The molecule has 0 fully saturated rings. The van der Waals surface area contributed by atoms with E-state index in [9.17, 15) is 14.7 Å². The Morgan fingerprint density at radius 1 is 1.32 bits per heavy atom. The topological polar surface area (TPSA) is 95.7 Å². The van der Waals surface area contributed by atoms with E-state index >= 15 is 0 Å². The van der Waals surface area contributed by atoms with Crippen molar-refractivity contribution in [3.63, 3.8) is 0 Å². The van der Waals surface area contributed by atoms with Gasteiger partial charge in [-0.15, -0.1) is 0 Å². The zero-order valence-corrected chi connectivity index (χ0v) is 12.3. The number of hydrogen-bond donors (Lipinski definition) is 2. The van der Waals surface area contributed by atoms with Gasteiger partial charge in [-0.1, -0.05) is 25.1 Å². The van der Waals surface area contributed by atoms with Gasteiger partial charge < -0.3 is 15.1 Å². The lowest BCUT2D eigenvalue weighted by atomic mass is 10.1. The lowest BCUT2D eigenvalue weighted by Crippen LogP contribution is -2.34. The van der Waals surface area contributed by atoms with Gasteiger partial charge in [-0.25, -0.2) is 4.68 Å². The van der Waals surface area contributed by atoms with Gasteiger partial charge in [0.25, 0.3) is 5.91 Å². The van der Waals surface area contributed by atoms with Crippen molar-refractivity contribution in [3.8, 4) is 11.4 Å². The number of para-hydroxylation sites is 1. The highest BCUT2D eigenvalue weighted by Gasteiger charge is 2.23. The van der Waals surface area contributed by atoms with Gasteiger partial charge in [0.15, 0.2) is 11.4 Å². The molecule has 1 amide bonds. The molecule has 22 heavy (non-hydrogen) atoms. The van der Waals surface area contributed by atoms with Crippen molar-refractivity contribution >= 4 is 11.9 Å². The van der Waals surface area contributed by atoms with Crippen LogP contribution in [0, 0.1) is 5.92 Å². The zero-order chi connectivity index (χ0) is 16.3. The predicted octanol–water partition coefficient (Wildman–Crippen LogP) is 1.37. The van der Waals surface area contributed by atoms with Crippen molar-refractivity contribution in [2.75, 3.05) is 13.6 Å². The Hall–Kier alpha value is -2.83. The van der Waals surface area contributed by atoms with Crippen molar-refractivity contribution < 1.29 is 19.8 Å². The standard InChI is InChI=1S/C15H17N3O4/c1-10(15(21)22)8-17(2)14(20)13-12(19)9-18(16-13)11-6-4-3-5-7-11/h3-7,9-10,19H,8H2,1-2H3,(H,21,22). The van der Waals surface area contributed by atoms with Gasteiger partial charge in [0.1, 0.15) is 0 Å². The summed E-state index contributed by atoms with van der Waals surface area (Å²) in [6.45, 7) is 1.54. The maximum atomic E-state index is 12.3. The molecule has 2 aromatic rings. The lowest BCUT2D eigenvalue weighted by molar-refractivity contribution is -0.141. The van der Waals surface area contributed by atoms with Gasteiger partial charge in [0.05, 0.1) is 17.8 Å². The number of nitrogens with zero attached hydrogens (tertiary/aromatic N) is 3. The Morgan fingerprint density at radius 3 is 2.55 bits per heavy atom. The highest BCUT2D eigenvalue weighted by atomic mass is 16.4. The van der Waals surface area contributed by atoms with Gasteiger partial charge in [-0.2, -0.15) is 5.10 Å². The Labute approximate surface area is 127 Å². The van der Waals surface area contributed by atoms with E-state index in [0.29, 0.717) is 5.69 Å². The Balaban J connectivity index is 2.20. The maximum absolute atomic E-state index is 12.3.